The molecule has 5 N–H and O–H groups in total. The van der Waals surface area contributed by atoms with Crippen molar-refractivity contribution in [3.8, 4) is 11.5 Å². The van der Waals surface area contributed by atoms with Gasteiger partial charge in [0.25, 0.3) is 0 Å². The van der Waals surface area contributed by atoms with Gasteiger partial charge in [-0.25, -0.2) is 0 Å². The summed E-state index contributed by atoms with van der Waals surface area (Å²) in [5, 5.41) is 38.3. The highest BCUT2D eigenvalue weighted by Crippen LogP contribution is 2.39. The third kappa shape index (κ3) is 1.97. The lowest BCUT2D eigenvalue weighted by Gasteiger charge is -2.09. The Labute approximate surface area is 84.5 Å². The van der Waals surface area contributed by atoms with Crippen molar-refractivity contribution in [2.24, 2.45) is 5.73 Å². The number of hydrogen-bond donors (Lipinski definition) is 4. The van der Waals surface area contributed by atoms with Crippen molar-refractivity contribution in [1.82, 2.24) is 0 Å². The van der Waals surface area contributed by atoms with E-state index in [4.69, 9.17) is 10.8 Å². The summed E-state index contributed by atoms with van der Waals surface area (Å²) < 4.78 is 0. The number of aromatic hydroxyl groups is 2. The van der Waals surface area contributed by atoms with E-state index >= 15 is 0 Å². The molecule has 0 fully saturated rings. The quantitative estimate of drug-likeness (QED) is 0.318. The summed E-state index contributed by atoms with van der Waals surface area (Å²) in [7, 11) is 0. The van der Waals surface area contributed by atoms with Crippen LogP contribution in [0.3, 0.4) is 0 Å². The molecular weight excluding hydrogens is 204 g/mol. The van der Waals surface area contributed by atoms with E-state index < -0.39 is 28.2 Å². The molecule has 1 aromatic rings. The van der Waals surface area contributed by atoms with Crippen LogP contribution in [0.4, 0.5) is 5.69 Å². The van der Waals surface area contributed by atoms with Crippen molar-refractivity contribution >= 4 is 5.69 Å². The molecule has 82 valence electrons. The van der Waals surface area contributed by atoms with Gasteiger partial charge in [0.05, 0.1) is 16.6 Å². The number of nitrogens with zero attached hydrogens (tertiary/aromatic N) is 1. The largest absolute Gasteiger partial charge is 0.504 e. The van der Waals surface area contributed by atoms with E-state index in [-0.39, 0.29) is 12.1 Å². The van der Waals surface area contributed by atoms with Crippen LogP contribution in [0.25, 0.3) is 0 Å². The molecule has 0 radical (unpaired) electrons. The highest BCUT2D eigenvalue weighted by molar-refractivity contribution is 5.59. The van der Waals surface area contributed by atoms with Gasteiger partial charge in [0.2, 0.25) is 5.75 Å². The van der Waals surface area contributed by atoms with Crippen molar-refractivity contribution in [2.45, 2.75) is 6.10 Å². The number of aliphatic hydroxyl groups is 1. The maximum Gasteiger partial charge on any atom is 0.320 e. The lowest BCUT2D eigenvalue weighted by Crippen LogP contribution is -2.13. The Bertz CT molecular complexity index is 393. The minimum Gasteiger partial charge on any atom is -0.504 e. The highest BCUT2D eigenvalue weighted by atomic mass is 16.6. The summed E-state index contributed by atoms with van der Waals surface area (Å²) in [6.07, 6.45) is -1.25. The van der Waals surface area contributed by atoms with Crippen LogP contribution in [0, 0.1) is 10.1 Å². The highest BCUT2D eigenvalue weighted by Gasteiger charge is 2.26. The third-order valence-electron chi connectivity index (χ3n) is 1.93. The van der Waals surface area contributed by atoms with Gasteiger partial charge in [-0.2, -0.15) is 0 Å². The monoisotopic (exact) mass is 214 g/mol. The molecule has 7 nitrogen and oxygen atoms in total. The summed E-state index contributed by atoms with van der Waals surface area (Å²) in [5.41, 5.74) is 4.29. The first-order valence-electron chi connectivity index (χ1n) is 4.06. The number of hydrogen-bond acceptors (Lipinski definition) is 6. The maximum atomic E-state index is 10.6. The number of benzene rings is 1. The van der Waals surface area contributed by atoms with Crippen LogP contribution in [0.5, 0.6) is 11.5 Å². The Balaban J connectivity index is 3.40. The van der Waals surface area contributed by atoms with Gasteiger partial charge >= 0.3 is 5.69 Å². The molecule has 1 aromatic carbocycles. The standard InChI is InChI=1S/C8H10N2O5/c9-3-6(12)4-1-2-5(11)8(13)7(4)10(14)15/h1-2,6,11-13H,3,9H2/t6-/m1/s1. The zero-order valence-corrected chi connectivity index (χ0v) is 7.62. The molecule has 0 bridgehead atoms. The van der Waals surface area contributed by atoms with E-state index in [1.165, 1.54) is 0 Å². The van der Waals surface area contributed by atoms with Gasteiger partial charge in [-0.3, -0.25) is 10.1 Å². The van der Waals surface area contributed by atoms with Crippen LogP contribution >= 0.6 is 0 Å². The fourth-order valence-electron chi connectivity index (χ4n) is 1.17. The summed E-state index contributed by atoms with van der Waals surface area (Å²) >= 11 is 0. The van der Waals surface area contributed by atoms with Gasteiger partial charge in [-0.05, 0) is 12.1 Å². The number of phenolic OH excluding ortho intramolecular Hbond substituents is 2. The lowest BCUT2D eigenvalue weighted by atomic mass is 10.1. The molecule has 0 aromatic heterocycles. The molecule has 0 saturated heterocycles. The van der Waals surface area contributed by atoms with Gasteiger partial charge in [0.15, 0.2) is 5.75 Å². The summed E-state index contributed by atoms with van der Waals surface area (Å²) in [5.74, 6) is -1.49. The third-order valence-corrected chi connectivity index (χ3v) is 1.93. The van der Waals surface area contributed by atoms with E-state index in [0.717, 1.165) is 12.1 Å². The SMILES string of the molecule is NC[C@@H](O)c1ccc(O)c(O)c1[N+](=O)[O-]. The first-order valence-corrected chi connectivity index (χ1v) is 4.06. The van der Waals surface area contributed by atoms with Gasteiger partial charge in [0, 0.05) is 6.54 Å². The van der Waals surface area contributed by atoms with E-state index in [1.807, 2.05) is 0 Å². The van der Waals surface area contributed by atoms with Crippen molar-refractivity contribution in [3.63, 3.8) is 0 Å². The summed E-state index contributed by atoms with van der Waals surface area (Å²) in [6.45, 7) is -0.217. The first kappa shape index (κ1) is 11.2. The van der Waals surface area contributed by atoms with Gasteiger partial charge in [-0.1, -0.05) is 0 Å². The second kappa shape index (κ2) is 4.11. The van der Waals surface area contributed by atoms with Crippen LogP contribution in [0.2, 0.25) is 0 Å². The lowest BCUT2D eigenvalue weighted by molar-refractivity contribution is -0.387. The smallest absolute Gasteiger partial charge is 0.320 e. The van der Waals surface area contributed by atoms with Gasteiger partial charge in [-0.15, -0.1) is 0 Å². The van der Waals surface area contributed by atoms with Crippen molar-refractivity contribution in [1.29, 1.82) is 0 Å². The van der Waals surface area contributed by atoms with Crippen molar-refractivity contribution in [3.05, 3.63) is 27.8 Å². The minimum atomic E-state index is -1.25. The fourth-order valence-corrected chi connectivity index (χ4v) is 1.17. The molecule has 0 spiro atoms. The molecule has 0 heterocycles. The number of nitro groups is 1. The number of nitrogens with two attached hydrogens (primary N) is 1. The normalized spacial score (nSPS) is 12.4. The van der Waals surface area contributed by atoms with Gasteiger partial charge < -0.3 is 21.1 Å². The molecule has 15 heavy (non-hydrogen) atoms. The summed E-state index contributed by atoms with van der Waals surface area (Å²) in [4.78, 5) is 9.71. The second-order valence-corrected chi connectivity index (χ2v) is 2.88. The van der Waals surface area contributed by atoms with Gasteiger partial charge in [0.1, 0.15) is 0 Å². The van der Waals surface area contributed by atoms with Crippen LogP contribution < -0.4 is 5.73 Å². The van der Waals surface area contributed by atoms with Crippen molar-refractivity contribution < 1.29 is 20.2 Å². The molecule has 1 atom stereocenters. The van der Waals surface area contributed by atoms with E-state index in [2.05, 4.69) is 0 Å². The Morgan fingerprint density at radius 2 is 2.07 bits per heavy atom. The molecule has 7 heteroatoms. The Kier molecular flexibility index (Phi) is 3.08. The molecule has 0 aliphatic heterocycles. The zero-order valence-electron chi connectivity index (χ0n) is 7.62. The molecule has 0 aliphatic carbocycles. The predicted octanol–water partition coefficient (Wildman–Crippen LogP) is -0.00190. The average Bonchev–Trinajstić information content (AvgIpc) is 2.20. The Hall–Kier alpha value is -1.86. The minimum absolute atomic E-state index is 0.127. The average molecular weight is 214 g/mol. The number of nitro benzene ring substituents is 1. The molecular formula is C8H10N2O5. The fraction of sp³-hybridized carbons (Fsp3) is 0.250. The molecule has 0 saturated carbocycles. The first-order chi connectivity index (χ1) is 6.99. The van der Waals surface area contributed by atoms with Crippen LogP contribution in [0.1, 0.15) is 11.7 Å². The van der Waals surface area contributed by atoms with Crippen molar-refractivity contribution in [2.75, 3.05) is 6.54 Å². The van der Waals surface area contributed by atoms with Crippen LogP contribution in [-0.2, 0) is 0 Å². The second-order valence-electron chi connectivity index (χ2n) is 2.88. The zero-order chi connectivity index (χ0) is 11.6. The van der Waals surface area contributed by atoms with Crippen LogP contribution in [-0.4, -0.2) is 26.8 Å². The van der Waals surface area contributed by atoms with Crippen LogP contribution in [0.15, 0.2) is 12.1 Å². The molecule has 0 amide bonds. The molecule has 0 aliphatic rings. The number of aliphatic hydroxyl groups excluding tert-OH is 1. The van der Waals surface area contributed by atoms with E-state index in [0.29, 0.717) is 0 Å². The number of rotatable bonds is 3. The summed E-state index contributed by atoms with van der Waals surface area (Å²) in [6, 6.07) is 2.20. The number of phenols is 2. The van der Waals surface area contributed by atoms with E-state index in [9.17, 15) is 20.3 Å². The topological polar surface area (TPSA) is 130 Å². The maximum absolute atomic E-state index is 10.6. The molecule has 0 unspecified atom stereocenters. The molecule has 1 rings (SSSR count). The predicted molar refractivity (Wildman–Crippen MR) is 50.4 cm³/mol. The Morgan fingerprint density at radius 1 is 1.47 bits per heavy atom. The van der Waals surface area contributed by atoms with E-state index in [1.54, 1.807) is 0 Å². The Morgan fingerprint density at radius 3 is 2.53 bits per heavy atom.